The Morgan fingerprint density at radius 2 is 1.78 bits per heavy atom. The lowest BCUT2D eigenvalue weighted by Gasteiger charge is -2.34. The van der Waals surface area contributed by atoms with E-state index < -0.39 is 0 Å². The Bertz CT molecular complexity index is 280. The summed E-state index contributed by atoms with van der Waals surface area (Å²) in [6.45, 7) is 0. The van der Waals surface area contributed by atoms with Crippen LogP contribution in [0.5, 0.6) is 0 Å². The molecule has 0 unspecified atom stereocenters. The second-order valence-electron chi connectivity index (χ2n) is 6.17. The van der Waals surface area contributed by atoms with E-state index in [1.54, 1.807) is 0 Å². The summed E-state index contributed by atoms with van der Waals surface area (Å²) in [4.78, 5) is 12.0. The van der Waals surface area contributed by atoms with Crippen LogP contribution in [0.4, 0.5) is 0 Å². The van der Waals surface area contributed by atoms with E-state index in [0.717, 1.165) is 51.4 Å². The Hall–Kier alpha value is -0.610. The van der Waals surface area contributed by atoms with E-state index in [2.05, 4.69) is 5.32 Å². The van der Waals surface area contributed by atoms with Crippen LogP contribution in [0.25, 0.3) is 0 Å². The number of hydrogen-bond acceptors (Lipinski definition) is 3. The molecule has 0 saturated heterocycles. The Balaban J connectivity index is 1.74. The van der Waals surface area contributed by atoms with E-state index in [1.165, 1.54) is 6.42 Å². The van der Waals surface area contributed by atoms with E-state index in [4.69, 9.17) is 5.73 Å². The third-order valence-corrected chi connectivity index (χ3v) is 4.42. The number of amides is 1. The first kappa shape index (κ1) is 13.8. The molecule has 1 amide bonds. The topological polar surface area (TPSA) is 75.4 Å². The minimum absolute atomic E-state index is 0.0980. The van der Waals surface area contributed by atoms with E-state index in [-0.39, 0.29) is 23.6 Å². The van der Waals surface area contributed by atoms with E-state index in [9.17, 15) is 9.90 Å². The lowest BCUT2D eigenvalue weighted by molar-refractivity contribution is -0.123. The number of hydrogen-bond donors (Lipinski definition) is 3. The van der Waals surface area contributed by atoms with Gasteiger partial charge in [0, 0.05) is 18.0 Å². The molecule has 0 atom stereocenters. The van der Waals surface area contributed by atoms with Gasteiger partial charge in [-0.05, 0) is 38.5 Å². The van der Waals surface area contributed by atoms with Crippen molar-refractivity contribution in [2.45, 2.75) is 81.9 Å². The molecule has 4 nitrogen and oxygen atoms in total. The molecule has 2 fully saturated rings. The molecule has 0 aromatic heterocycles. The highest BCUT2D eigenvalue weighted by atomic mass is 16.3. The lowest BCUT2D eigenvalue weighted by Crippen LogP contribution is -2.48. The molecule has 0 bridgehead atoms. The van der Waals surface area contributed by atoms with Crippen LogP contribution >= 0.6 is 0 Å². The minimum Gasteiger partial charge on any atom is -0.393 e. The predicted octanol–water partition coefficient (Wildman–Crippen LogP) is 1.46. The molecule has 2 saturated carbocycles. The van der Waals surface area contributed by atoms with Crippen molar-refractivity contribution in [3.63, 3.8) is 0 Å². The molecule has 2 aliphatic rings. The van der Waals surface area contributed by atoms with Crippen molar-refractivity contribution in [2.75, 3.05) is 0 Å². The van der Waals surface area contributed by atoms with Gasteiger partial charge in [0.05, 0.1) is 6.10 Å². The third kappa shape index (κ3) is 3.95. The summed E-state index contributed by atoms with van der Waals surface area (Å²) in [7, 11) is 0. The molecule has 2 rings (SSSR count). The number of carbonyl (C=O) groups excluding carboxylic acids is 1. The molecule has 4 N–H and O–H groups in total. The van der Waals surface area contributed by atoms with Gasteiger partial charge >= 0.3 is 0 Å². The normalized spacial score (nSPS) is 31.9. The highest BCUT2D eigenvalue weighted by Gasteiger charge is 2.31. The molecule has 0 radical (unpaired) electrons. The van der Waals surface area contributed by atoms with E-state index in [0.29, 0.717) is 6.42 Å². The van der Waals surface area contributed by atoms with Gasteiger partial charge in [-0.25, -0.2) is 0 Å². The SMILES string of the molecule is NC1(CC(=O)NC2CCC(O)CC2)CCCCC1. The smallest absolute Gasteiger partial charge is 0.222 e. The molecule has 104 valence electrons. The van der Waals surface area contributed by atoms with Gasteiger partial charge in [0.25, 0.3) is 0 Å². The number of carbonyl (C=O) groups is 1. The zero-order valence-electron chi connectivity index (χ0n) is 11.2. The molecular weight excluding hydrogens is 228 g/mol. The van der Waals surface area contributed by atoms with Crippen molar-refractivity contribution in [1.82, 2.24) is 5.32 Å². The number of aliphatic hydroxyl groups is 1. The molecule has 0 aliphatic heterocycles. The molecule has 0 aromatic rings. The Morgan fingerprint density at radius 1 is 1.17 bits per heavy atom. The zero-order chi connectivity index (χ0) is 13.0. The zero-order valence-corrected chi connectivity index (χ0v) is 11.2. The van der Waals surface area contributed by atoms with Crippen LogP contribution < -0.4 is 11.1 Å². The van der Waals surface area contributed by atoms with Crippen molar-refractivity contribution in [1.29, 1.82) is 0 Å². The highest BCUT2D eigenvalue weighted by molar-refractivity contribution is 5.77. The van der Waals surface area contributed by atoms with Crippen LogP contribution in [0.2, 0.25) is 0 Å². The second-order valence-corrected chi connectivity index (χ2v) is 6.17. The van der Waals surface area contributed by atoms with Gasteiger partial charge < -0.3 is 16.2 Å². The molecule has 0 spiro atoms. The molecule has 4 heteroatoms. The van der Waals surface area contributed by atoms with Crippen molar-refractivity contribution >= 4 is 5.91 Å². The summed E-state index contributed by atoms with van der Waals surface area (Å²) >= 11 is 0. The van der Waals surface area contributed by atoms with Crippen LogP contribution in [0.15, 0.2) is 0 Å². The second kappa shape index (κ2) is 6.02. The van der Waals surface area contributed by atoms with Crippen molar-refractivity contribution < 1.29 is 9.90 Å². The summed E-state index contributed by atoms with van der Waals surface area (Å²) in [5.74, 6) is 0.0980. The van der Waals surface area contributed by atoms with Gasteiger partial charge in [0.2, 0.25) is 5.91 Å². The largest absolute Gasteiger partial charge is 0.393 e. The van der Waals surface area contributed by atoms with E-state index >= 15 is 0 Å². The van der Waals surface area contributed by atoms with E-state index in [1.807, 2.05) is 0 Å². The van der Waals surface area contributed by atoms with Gasteiger partial charge in [0.15, 0.2) is 0 Å². The number of nitrogens with two attached hydrogens (primary N) is 1. The first-order valence-corrected chi connectivity index (χ1v) is 7.34. The average Bonchev–Trinajstić information content (AvgIpc) is 2.32. The fraction of sp³-hybridized carbons (Fsp3) is 0.929. The van der Waals surface area contributed by atoms with Crippen molar-refractivity contribution in [3.05, 3.63) is 0 Å². The summed E-state index contributed by atoms with van der Waals surface area (Å²) in [5, 5.41) is 12.5. The van der Waals surface area contributed by atoms with Crippen molar-refractivity contribution in [3.8, 4) is 0 Å². The van der Waals surface area contributed by atoms with Crippen LogP contribution in [0, 0.1) is 0 Å². The number of aliphatic hydroxyl groups excluding tert-OH is 1. The van der Waals surface area contributed by atoms with Gasteiger partial charge in [0.1, 0.15) is 0 Å². The Labute approximate surface area is 109 Å². The van der Waals surface area contributed by atoms with Crippen LogP contribution in [-0.2, 0) is 4.79 Å². The summed E-state index contributed by atoms with van der Waals surface area (Å²) in [5.41, 5.74) is 6.02. The quantitative estimate of drug-likeness (QED) is 0.713. The molecule has 0 heterocycles. The number of nitrogens with one attached hydrogen (secondary N) is 1. The maximum absolute atomic E-state index is 12.0. The van der Waals surface area contributed by atoms with Crippen LogP contribution in [0.1, 0.15) is 64.2 Å². The van der Waals surface area contributed by atoms with Gasteiger partial charge in [-0.15, -0.1) is 0 Å². The van der Waals surface area contributed by atoms with Crippen LogP contribution in [0.3, 0.4) is 0 Å². The van der Waals surface area contributed by atoms with Crippen molar-refractivity contribution in [2.24, 2.45) is 5.73 Å². The summed E-state index contributed by atoms with van der Waals surface area (Å²) in [6, 6.07) is 0.244. The maximum atomic E-state index is 12.0. The number of rotatable bonds is 3. The monoisotopic (exact) mass is 254 g/mol. The fourth-order valence-corrected chi connectivity index (χ4v) is 3.25. The summed E-state index contributed by atoms with van der Waals surface area (Å²) < 4.78 is 0. The molecule has 18 heavy (non-hydrogen) atoms. The maximum Gasteiger partial charge on any atom is 0.222 e. The standard InChI is InChI=1S/C14H26N2O2/c15-14(8-2-1-3-9-14)10-13(18)16-11-4-6-12(17)7-5-11/h11-12,17H,1-10,15H2,(H,16,18). The average molecular weight is 254 g/mol. The lowest BCUT2D eigenvalue weighted by atomic mass is 9.80. The fourth-order valence-electron chi connectivity index (χ4n) is 3.25. The summed E-state index contributed by atoms with van der Waals surface area (Å²) in [6.07, 6.45) is 9.20. The van der Waals surface area contributed by atoms with Crippen LogP contribution in [-0.4, -0.2) is 28.7 Å². The predicted molar refractivity (Wildman–Crippen MR) is 71.0 cm³/mol. The first-order valence-electron chi connectivity index (χ1n) is 7.34. The van der Waals surface area contributed by atoms with Gasteiger partial charge in [-0.3, -0.25) is 4.79 Å². The Morgan fingerprint density at radius 3 is 2.39 bits per heavy atom. The molecule has 2 aliphatic carbocycles. The first-order chi connectivity index (χ1) is 8.57. The van der Waals surface area contributed by atoms with Gasteiger partial charge in [-0.2, -0.15) is 0 Å². The minimum atomic E-state index is -0.267. The Kier molecular flexibility index (Phi) is 4.62. The molecule has 0 aromatic carbocycles. The third-order valence-electron chi connectivity index (χ3n) is 4.42. The highest BCUT2D eigenvalue weighted by Crippen LogP contribution is 2.28. The molecular formula is C14H26N2O2. The van der Waals surface area contributed by atoms with Gasteiger partial charge in [-0.1, -0.05) is 19.3 Å².